The molecule has 0 unspecified atom stereocenters. The lowest BCUT2D eigenvalue weighted by Crippen LogP contribution is -2.17. The molecule has 0 bridgehead atoms. The molecular formula is C17H17FN4O2. The number of hydrogen-bond donors (Lipinski definition) is 3. The SMILES string of the molecule is COc1cc(-c2cc3c4c(ccc3[nH]2)[C@H](N)[C@H](F)C4)nc(CO)n1. The molecule has 1 aliphatic carbocycles. The zero-order valence-electron chi connectivity index (χ0n) is 13.1. The van der Waals surface area contributed by atoms with Gasteiger partial charge in [0.25, 0.3) is 0 Å². The van der Waals surface area contributed by atoms with Gasteiger partial charge in [-0.15, -0.1) is 0 Å². The third-order valence-electron chi connectivity index (χ3n) is 4.47. The van der Waals surface area contributed by atoms with Crippen LogP contribution in [0.4, 0.5) is 4.39 Å². The Morgan fingerprint density at radius 3 is 2.96 bits per heavy atom. The molecule has 2 aromatic heterocycles. The van der Waals surface area contributed by atoms with Crippen LogP contribution in [0.3, 0.4) is 0 Å². The molecule has 4 rings (SSSR count). The van der Waals surface area contributed by atoms with E-state index < -0.39 is 12.2 Å². The predicted octanol–water partition coefficient (Wildman–Crippen LogP) is 2.02. The molecule has 0 saturated carbocycles. The minimum atomic E-state index is -1.05. The summed E-state index contributed by atoms with van der Waals surface area (Å²) in [7, 11) is 1.51. The molecule has 0 amide bonds. The summed E-state index contributed by atoms with van der Waals surface area (Å²) < 4.78 is 19.1. The van der Waals surface area contributed by atoms with Crippen molar-refractivity contribution in [2.75, 3.05) is 7.11 Å². The number of nitrogens with one attached hydrogen (secondary N) is 1. The summed E-state index contributed by atoms with van der Waals surface area (Å²) in [4.78, 5) is 11.7. The van der Waals surface area contributed by atoms with Gasteiger partial charge in [0.1, 0.15) is 12.8 Å². The maximum absolute atomic E-state index is 14.0. The molecule has 0 aliphatic heterocycles. The van der Waals surface area contributed by atoms with Gasteiger partial charge >= 0.3 is 0 Å². The van der Waals surface area contributed by atoms with Crippen LogP contribution in [-0.2, 0) is 13.0 Å². The van der Waals surface area contributed by atoms with E-state index in [4.69, 9.17) is 10.5 Å². The van der Waals surface area contributed by atoms with Crippen molar-refractivity contribution in [3.63, 3.8) is 0 Å². The van der Waals surface area contributed by atoms with Crippen LogP contribution < -0.4 is 10.5 Å². The first kappa shape index (κ1) is 15.0. The van der Waals surface area contributed by atoms with Crippen molar-refractivity contribution in [1.82, 2.24) is 15.0 Å². The smallest absolute Gasteiger partial charge is 0.217 e. The third kappa shape index (κ3) is 2.24. The second-order valence-electron chi connectivity index (χ2n) is 5.89. The number of aliphatic hydroxyl groups excluding tert-OH is 1. The van der Waals surface area contributed by atoms with E-state index in [2.05, 4.69) is 15.0 Å². The number of aromatic nitrogens is 3. The second-order valence-corrected chi connectivity index (χ2v) is 5.89. The van der Waals surface area contributed by atoms with E-state index in [0.29, 0.717) is 18.0 Å². The topological polar surface area (TPSA) is 97.0 Å². The standard InChI is InChI=1S/C17H17FN4O2/c1-24-16-6-14(21-15(7-23)22-16)13-5-10-9-4-11(18)17(19)8(9)2-3-12(10)20-13/h2-3,5-6,11,17,20,23H,4,7,19H2,1H3/t11-,17+/m1/s1. The number of H-pyrrole nitrogens is 1. The Morgan fingerprint density at radius 2 is 2.21 bits per heavy atom. The molecule has 3 aromatic rings. The van der Waals surface area contributed by atoms with Crippen LogP contribution >= 0.6 is 0 Å². The summed E-state index contributed by atoms with van der Waals surface area (Å²) in [6.45, 7) is -0.280. The number of alkyl halides is 1. The summed E-state index contributed by atoms with van der Waals surface area (Å²) in [6, 6.07) is 6.83. The Hall–Kier alpha value is -2.51. The number of benzene rings is 1. The Labute approximate surface area is 137 Å². The lowest BCUT2D eigenvalue weighted by Gasteiger charge is -2.06. The van der Waals surface area contributed by atoms with Crippen molar-refractivity contribution >= 4 is 10.9 Å². The molecular weight excluding hydrogens is 311 g/mol. The number of ether oxygens (including phenoxy) is 1. The van der Waals surface area contributed by atoms with Gasteiger partial charge in [-0.05, 0) is 23.3 Å². The number of aromatic amines is 1. The van der Waals surface area contributed by atoms with Gasteiger partial charge in [-0.1, -0.05) is 6.07 Å². The first-order valence-electron chi connectivity index (χ1n) is 7.68. The monoisotopic (exact) mass is 328 g/mol. The molecule has 0 radical (unpaired) electrons. The minimum absolute atomic E-state index is 0.277. The molecule has 2 heterocycles. The summed E-state index contributed by atoms with van der Waals surface area (Å²) >= 11 is 0. The average Bonchev–Trinajstić information content (AvgIpc) is 3.16. The average molecular weight is 328 g/mol. The Balaban J connectivity index is 1.86. The summed E-state index contributed by atoms with van der Waals surface area (Å²) in [5.41, 5.74) is 9.98. The van der Waals surface area contributed by atoms with Gasteiger partial charge in [-0.2, -0.15) is 4.98 Å². The quantitative estimate of drug-likeness (QED) is 0.683. The molecule has 0 saturated heterocycles. The predicted molar refractivity (Wildman–Crippen MR) is 87.3 cm³/mol. The van der Waals surface area contributed by atoms with Gasteiger partial charge in [0.15, 0.2) is 5.82 Å². The van der Waals surface area contributed by atoms with Gasteiger partial charge in [-0.3, -0.25) is 0 Å². The lowest BCUT2D eigenvalue weighted by atomic mass is 10.0. The zero-order valence-corrected chi connectivity index (χ0v) is 13.1. The van der Waals surface area contributed by atoms with Crippen molar-refractivity contribution in [3.8, 4) is 17.3 Å². The summed E-state index contributed by atoms with van der Waals surface area (Å²) in [6.07, 6.45) is -0.732. The number of nitrogens with zero attached hydrogens (tertiary/aromatic N) is 2. The Morgan fingerprint density at radius 1 is 1.38 bits per heavy atom. The highest BCUT2D eigenvalue weighted by molar-refractivity contribution is 5.89. The van der Waals surface area contributed by atoms with Crippen LogP contribution in [0, 0.1) is 0 Å². The lowest BCUT2D eigenvalue weighted by molar-refractivity contribution is 0.268. The van der Waals surface area contributed by atoms with Crippen LogP contribution in [0.5, 0.6) is 5.88 Å². The maximum atomic E-state index is 14.0. The molecule has 1 aromatic carbocycles. The molecule has 6 nitrogen and oxygen atoms in total. The highest BCUT2D eigenvalue weighted by Crippen LogP contribution is 2.38. The van der Waals surface area contributed by atoms with Crippen LogP contribution in [0.15, 0.2) is 24.3 Å². The first-order valence-corrected chi connectivity index (χ1v) is 7.68. The van der Waals surface area contributed by atoms with Crippen molar-refractivity contribution < 1.29 is 14.2 Å². The maximum Gasteiger partial charge on any atom is 0.217 e. The molecule has 124 valence electrons. The molecule has 7 heteroatoms. The number of methoxy groups -OCH3 is 1. The molecule has 0 fully saturated rings. The van der Waals surface area contributed by atoms with E-state index in [1.54, 1.807) is 6.07 Å². The molecule has 0 spiro atoms. The van der Waals surface area contributed by atoms with Gasteiger partial charge in [0.05, 0.1) is 24.5 Å². The van der Waals surface area contributed by atoms with Crippen LogP contribution in [0.25, 0.3) is 22.3 Å². The number of nitrogens with two attached hydrogens (primary N) is 1. The Kier molecular flexibility index (Phi) is 3.47. The Bertz CT molecular complexity index is 902. The van der Waals surface area contributed by atoms with Crippen molar-refractivity contribution in [2.45, 2.75) is 25.2 Å². The number of rotatable bonds is 3. The number of fused-ring (bicyclic) bond motifs is 3. The molecule has 24 heavy (non-hydrogen) atoms. The number of halogens is 1. The van der Waals surface area contributed by atoms with E-state index in [0.717, 1.165) is 27.7 Å². The van der Waals surface area contributed by atoms with Crippen LogP contribution in [0.2, 0.25) is 0 Å². The van der Waals surface area contributed by atoms with Gasteiger partial charge in [0.2, 0.25) is 5.88 Å². The number of hydrogen-bond acceptors (Lipinski definition) is 5. The first-order chi connectivity index (χ1) is 11.6. The van der Waals surface area contributed by atoms with Gasteiger partial charge < -0.3 is 20.6 Å². The van der Waals surface area contributed by atoms with Crippen molar-refractivity contribution in [3.05, 3.63) is 41.2 Å². The van der Waals surface area contributed by atoms with Crippen molar-refractivity contribution in [1.29, 1.82) is 0 Å². The highest BCUT2D eigenvalue weighted by atomic mass is 19.1. The van der Waals surface area contributed by atoms with Crippen molar-refractivity contribution in [2.24, 2.45) is 5.73 Å². The van der Waals surface area contributed by atoms with E-state index >= 15 is 0 Å². The third-order valence-corrected chi connectivity index (χ3v) is 4.47. The fourth-order valence-electron chi connectivity index (χ4n) is 3.26. The molecule has 4 N–H and O–H groups in total. The largest absolute Gasteiger partial charge is 0.481 e. The van der Waals surface area contributed by atoms with Gasteiger partial charge in [-0.25, -0.2) is 9.37 Å². The second kappa shape index (κ2) is 5.54. The zero-order chi connectivity index (χ0) is 16.8. The molecule has 2 atom stereocenters. The fraction of sp³-hybridized carbons (Fsp3) is 0.294. The van der Waals surface area contributed by atoms with E-state index in [1.165, 1.54) is 7.11 Å². The summed E-state index contributed by atoms with van der Waals surface area (Å²) in [5.74, 6) is 0.651. The fourth-order valence-corrected chi connectivity index (χ4v) is 3.26. The van der Waals surface area contributed by atoms with Crippen LogP contribution in [0.1, 0.15) is 23.0 Å². The van der Waals surface area contributed by atoms with E-state index in [9.17, 15) is 9.50 Å². The van der Waals surface area contributed by atoms with E-state index in [1.807, 2.05) is 18.2 Å². The highest BCUT2D eigenvalue weighted by Gasteiger charge is 2.31. The van der Waals surface area contributed by atoms with Gasteiger partial charge in [0, 0.05) is 23.4 Å². The van der Waals surface area contributed by atoms with Crippen LogP contribution in [-0.4, -0.2) is 33.3 Å². The number of aliphatic hydroxyl groups is 1. The summed E-state index contributed by atoms with van der Waals surface area (Å²) in [5, 5.41) is 10.3. The normalized spacial score (nSPS) is 19.7. The molecule has 1 aliphatic rings. The van der Waals surface area contributed by atoms with E-state index in [-0.39, 0.29) is 12.4 Å². The minimum Gasteiger partial charge on any atom is -0.481 e.